The number of furan rings is 1. The van der Waals surface area contributed by atoms with Gasteiger partial charge in [0.05, 0.1) is 12.2 Å². The Labute approximate surface area is 104 Å². The van der Waals surface area contributed by atoms with Crippen LogP contribution in [-0.2, 0) is 4.79 Å². The molecule has 0 bridgehead atoms. The Bertz CT molecular complexity index is 336. The van der Waals surface area contributed by atoms with Crippen LogP contribution in [0.4, 0.5) is 0 Å². The Kier molecular flexibility index (Phi) is 6.28. The SMILES string of the molecule is CC(/C=C/c1ccco1)=C\C(=O)[O-].[Na+]. The van der Waals surface area contributed by atoms with Gasteiger partial charge in [-0.2, -0.15) is 0 Å². The zero-order valence-electron chi connectivity index (χ0n) is 8.19. The molecule has 0 radical (unpaired) electrons. The van der Waals surface area contributed by atoms with Crippen molar-refractivity contribution in [3.05, 3.63) is 41.9 Å². The summed E-state index contributed by atoms with van der Waals surface area (Å²) < 4.78 is 5.01. The van der Waals surface area contributed by atoms with Crippen LogP contribution in [0, 0.1) is 0 Å². The summed E-state index contributed by atoms with van der Waals surface area (Å²) in [4.78, 5) is 10.1. The van der Waals surface area contributed by atoms with Crippen molar-refractivity contribution in [1.29, 1.82) is 0 Å². The van der Waals surface area contributed by atoms with E-state index in [1.54, 1.807) is 37.5 Å². The number of rotatable bonds is 3. The number of hydrogen-bond donors (Lipinski definition) is 0. The van der Waals surface area contributed by atoms with Crippen molar-refractivity contribution in [2.45, 2.75) is 6.92 Å². The van der Waals surface area contributed by atoms with E-state index in [-0.39, 0.29) is 29.6 Å². The molecule has 68 valence electrons. The maximum atomic E-state index is 10.1. The standard InChI is InChI=1S/C10H10O3.Na/c1-8(7-10(11)12)4-5-9-3-2-6-13-9;/h2-7H,1H3,(H,11,12);/q;+1/p-1/b5-4+,8-7+;. The van der Waals surface area contributed by atoms with Gasteiger partial charge >= 0.3 is 29.6 Å². The zero-order valence-corrected chi connectivity index (χ0v) is 10.2. The molecule has 1 aromatic heterocycles. The number of carboxylic acids is 1. The van der Waals surface area contributed by atoms with Gasteiger partial charge in [0.15, 0.2) is 0 Å². The van der Waals surface area contributed by atoms with Crippen molar-refractivity contribution in [2.75, 3.05) is 0 Å². The zero-order chi connectivity index (χ0) is 9.68. The van der Waals surface area contributed by atoms with Crippen molar-refractivity contribution in [1.82, 2.24) is 0 Å². The third-order valence-electron chi connectivity index (χ3n) is 1.40. The minimum Gasteiger partial charge on any atom is -0.545 e. The van der Waals surface area contributed by atoms with E-state index in [2.05, 4.69) is 0 Å². The second-order valence-electron chi connectivity index (χ2n) is 2.56. The monoisotopic (exact) mass is 200 g/mol. The van der Waals surface area contributed by atoms with Gasteiger partial charge in [0, 0.05) is 0 Å². The molecule has 0 amide bonds. The van der Waals surface area contributed by atoms with Crippen molar-refractivity contribution < 1.29 is 43.9 Å². The Balaban J connectivity index is 0.00000169. The van der Waals surface area contributed by atoms with Gasteiger partial charge in [0.2, 0.25) is 0 Å². The van der Waals surface area contributed by atoms with E-state index in [1.165, 1.54) is 0 Å². The minimum atomic E-state index is -1.19. The van der Waals surface area contributed by atoms with Gasteiger partial charge in [-0.15, -0.1) is 0 Å². The summed E-state index contributed by atoms with van der Waals surface area (Å²) in [6.45, 7) is 1.68. The summed E-state index contributed by atoms with van der Waals surface area (Å²) >= 11 is 0. The van der Waals surface area contributed by atoms with Crippen molar-refractivity contribution in [3.8, 4) is 0 Å². The first-order chi connectivity index (χ1) is 6.18. The maximum absolute atomic E-state index is 10.1. The molecule has 3 nitrogen and oxygen atoms in total. The van der Waals surface area contributed by atoms with Crippen LogP contribution in [0.5, 0.6) is 0 Å². The van der Waals surface area contributed by atoms with Gasteiger partial charge in [-0.05, 0) is 36.8 Å². The Morgan fingerprint density at radius 1 is 1.57 bits per heavy atom. The molecule has 0 aliphatic heterocycles. The predicted molar refractivity (Wildman–Crippen MR) is 46.5 cm³/mol. The average molecular weight is 200 g/mol. The first-order valence-corrected chi connectivity index (χ1v) is 3.79. The fourth-order valence-electron chi connectivity index (χ4n) is 0.834. The molecule has 0 saturated heterocycles. The molecular formula is C10H9NaO3. The molecule has 0 aliphatic rings. The normalized spacial score (nSPS) is 11.4. The quantitative estimate of drug-likeness (QED) is 0.322. The van der Waals surface area contributed by atoms with Crippen LogP contribution in [0.25, 0.3) is 6.08 Å². The number of allylic oxidation sites excluding steroid dienone is 2. The molecule has 1 aromatic rings. The summed E-state index contributed by atoms with van der Waals surface area (Å²) in [7, 11) is 0. The topological polar surface area (TPSA) is 53.3 Å². The molecule has 1 heterocycles. The molecule has 0 N–H and O–H groups in total. The molecule has 14 heavy (non-hydrogen) atoms. The van der Waals surface area contributed by atoms with E-state index in [1.807, 2.05) is 0 Å². The largest absolute Gasteiger partial charge is 1.00 e. The van der Waals surface area contributed by atoms with Gasteiger partial charge < -0.3 is 14.3 Å². The van der Waals surface area contributed by atoms with Crippen LogP contribution >= 0.6 is 0 Å². The van der Waals surface area contributed by atoms with E-state index in [0.29, 0.717) is 11.3 Å². The molecule has 0 saturated carbocycles. The molecular weight excluding hydrogens is 191 g/mol. The predicted octanol–water partition coefficient (Wildman–Crippen LogP) is -2.01. The smallest absolute Gasteiger partial charge is 0.545 e. The summed E-state index contributed by atoms with van der Waals surface area (Å²) in [6, 6.07) is 3.54. The van der Waals surface area contributed by atoms with Crippen molar-refractivity contribution in [2.24, 2.45) is 0 Å². The van der Waals surface area contributed by atoms with Crippen molar-refractivity contribution >= 4 is 12.0 Å². The molecule has 4 heteroatoms. The van der Waals surface area contributed by atoms with Crippen LogP contribution in [0.3, 0.4) is 0 Å². The summed E-state index contributed by atoms with van der Waals surface area (Å²) in [5, 5.41) is 10.1. The Morgan fingerprint density at radius 2 is 2.29 bits per heavy atom. The number of carbonyl (C=O) groups excluding carboxylic acids is 1. The van der Waals surface area contributed by atoms with Gasteiger partial charge in [-0.25, -0.2) is 0 Å². The van der Waals surface area contributed by atoms with E-state index in [9.17, 15) is 9.90 Å². The fourth-order valence-corrected chi connectivity index (χ4v) is 0.834. The average Bonchev–Trinajstić information content (AvgIpc) is 2.51. The van der Waals surface area contributed by atoms with E-state index in [0.717, 1.165) is 6.08 Å². The van der Waals surface area contributed by atoms with Crippen molar-refractivity contribution in [3.63, 3.8) is 0 Å². The van der Waals surface area contributed by atoms with E-state index >= 15 is 0 Å². The van der Waals surface area contributed by atoms with Crippen LogP contribution in [-0.4, -0.2) is 5.97 Å². The fraction of sp³-hybridized carbons (Fsp3) is 0.100. The van der Waals surface area contributed by atoms with Crippen LogP contribution in [0.1, 0.15) is 12.7 Å². The maximum Gasteiger partial charge on any atom is 1.00 e. The summed E-state index contributed by atoms with van der Waals surface area (Å²) in [5.41, 5.74) is 0.608. The van der Waals surface area contributed by atoms with Gasteiger partial charge in [-0.3, -0.25) is 0 Å². The first-order valence-electron chi connectivity index (χ1n) is 3.79. The Morgan fingerprint density at radius 3 is 2.79 bits per heavy atom. The molecule has 0 aliphatic carbocycles. The van der Waals surface area contributed by atoms with Crippen LogP contribution in [0.2, 0.25) is 0 Å². The number of aliphatic carboxylic acids is 1. The second kappa shape index (κ2) is 6.65. The second-order valence-corrected chi connectivity index (χ2v) is 2.56. The number of carbonyl (C=O) groups is 1. The third-order valence-corrected chi connectivity index (χ3v) is 1.40. The van der Waals surface area contributed by atoms with Gasteiger partial charge in [0.1, 0.15) is 5.76 Å². The summed E-state index contributed by atoms with van der Waals surface area (Å²) in [6.07, 6.45) is 5.92. The van der Waals surface area contributed by atoms with E-state index < -0.39 is 5.97 Å². The molecule has 0 aromatic carbocycles. The number of hydrogen-bond acceptors (Lipinski definition) is 3. The van der Waals surface area contributed by atoms with Gasteiger partial charge in [-0.1, -0.05) is 6.08 Å². The number of carboxylic acid groups (broad SMARTS) is 1. The van der Waals surface area contributed by atoms with Gasteiger partial charge in [0.25, 0.3) is 0 Å². The third kappa shape index (κ3) is 5.07. The molecule has 1 rings (SSSR count). The molecule has 0 atom stereocenters. The van der Waals surface area contributed by atoms with Crippen LogP contribution in [0.15, 0.2) is 40.5 Å². The summed E-state index contributed by atoms with van der Waals surface area (Å²) in [5.74, 6) is -0.507. The minimum absolute atomic E-state index is 0. The van der Waals surface area contributed by atoms with Crippen LogP contribution < -0.4 is 34.7 Å². The first kappa shape index (κ1) is 13.2. The molecule has 0 spiro atoms. The molecule has 0 fully saturated rings. The van der Waals surface area contributed by atoms with E-state index in [4.69, 9.17) is 4.42 Å². The molecule has 0 unspecified atom stereocenters. The Hall–Kier alpha value is -0.770.